The van der Waals surface area contributed by atoms with Crippen LogP contribution in [0.5, 0.6) is 0 Å². The van der Waals surface area contributed by atoms with Gasteiger partial charge in [-0.05, 0) is 18.8 Å². The fraction of sp³-hybridized carbons (Fsp3) is 0.800. The summed E-state index contributed by atoms with van der Waals surface area (Å²) in [5.74, 6) is 1.39. The first kappa shape index (κ1) is 10.7. The van der Waals surface area contributed by atoms with E-state index in [9.17, 15) is 0 Å². The van der Waals surface area contributed by atoms with Gasteiger partial charge in [0.05, 0.1) is 6.61 Å². The smallest absolute Gasteiger partial charge is 0.0647 e. The lowest BCUT2D eigenvalue weighted by molar-refractivity contribution is 0.177. The minimum atomic E-state index is 0.662. The Bertz CT molecular complexity index is 105. The van der Waals surface area contributed by atoms with E-state index in [2.05, 4.69) is 32.9 Å². The van der Waals surface area contributed by atoms with E-state index < -0.39 is 0 Å². The SMILES string of the molecule is CCOC/C=C/[C@H](C)C(C)C. The first-order valence-corrected chi connectivity index (χ1v) is 4.42. The summed E-state index contributed by atoms with van der Waals surface area (Å²) in [6.07, 6.45) is 4.33. The van der Waals surface area contributed by atoms with E-state index in [1.54, 1.807) is 0 Å². The van der Waals surface area contributed by atoms with Gasteiger partial charge in [-0.1, -0.05) is 32.9 Å². The molecule has 1 atom stereocenters. The highest BCUT2D eigenvalue weighted by molar-refractivity contribution is 4.87. The molecule has 0 bridgehead atoms. The number of hydrogen-bond donors (Lipinski definition) is 0. The molecule has 0 saturated heterocycles. The number of rotatable bonds is 5. The van der Waals surface area contributed by atoms with E-state index in [0.717, 1.165) is 19.1 Å². The van der Waals surface area contributed by atoms with Crippen molar-refractivity contribution in [1.29, 1.82) is 0 Å². The molecule has 0 radical (unpaired) electrons. The first-order valence-electron chi connectivity index (χ1n) is 4.42. The van der Waals surface area contributed by atoms with Crippen LogP contribution in [0.2, 0.25) is 0 Å². The van der Waals surface area contributed by atoms with Crippen LogP contribution in [0.1, 0.15) is 27.7 Å². The van der Waals surface area contributed by atoms with Gasteiger partial charge in [0.2, 0.25) is 0 Å². The minimum absolute atomic E-state index is 0.662. The average Bonchev–Trinajstić information content (AvgIpc) is 1.97. The molecule has 0 aliphatic heterocycles. The molecule has 0 fully saturated rings. The standard InChI is InChI=1S/C10H20O/c1-5-11-8-6-7-10(4)9(2)3/h6-7,9-10H,5,8H2,1-4H3/b7-6+/t10-/m0/s1. The third kappa shape index (κ3) is 6.11. The Morgan fingerprint density at radius 1 is 1.27 bits per heavy atom. The monoisotopic (exact) mass is 156 g/mol. The zero-order valence-corrected chi connectivity index (χ0v) is 8.13. The van der Waals surface area contributed by atoms with Crippen molar-refractivity contribution in [3.63, 3.8) is 0 Å². The Morgan fingerprint density at radius 2 is 1.91 bits per heavy atom. The lowest BCUT2D eigenvalue weighted by atomic mass is 9.98. The van der Waals surface area contributed by atoms with Crippen molar-refractivity contribution >= 4 is 0 Å². The normalized spacial score (nSPS) is 14.6. The Morgan fingerprint density at radius 3 is 2.36 bits per heavy atom. The molecular weight excluding hydrogens is 136 g/mol. The van der Waals surface area contributed by atoms with Crippen LogP contribution in [0.25, 0.3) is 0 Å². The molecule has 0 aliphatic rings. The van der Waals surface area contributed by atoms with E-state index >= 15 is 0 Å². The van der Waals surface area contributed by atoms with Gasteiger partial charge in [0.1, 0.15) is 0 Å². The maximum absolute atomic E-state index is 5.18. The fourth-order valence-electron chi connectivity index (χ4n) is 0.678. The Kier molecular flexibility index (Phi) is 6.24. The second kappa shape index (κ2) is 6.41. The molecule has 0 amide bonds. The van der Waals surface area contributed by atoms with Crippen LogP contribution in [0.15, 0.2) is 12.2 Å². The molecule has 0 heterocycles. The van der Waals surface area contributed by atoms with Crippen LogP contribution in [-0.4, -0.2) is 13.2 Å². The Hall–Kier alpha value is -0.300. The number of allylic oxidation sites excluding steroid dienone is 1. The molecule has 0 rings (SSSR count). The van der Waals surface area contributed by atoms with Crippen LogP contribution >= 0.6 is 0 Å². The van der Waals surface area contributed by atoms with Crippen molar-refractivity contribution < 1.29 is 4.74 Å². The molecule has 11 heavy (non-hydrogen) atoms. The Labute approximate surface area is 70.4 Å². The minimum Gasteiger partial charge on any atom is -0.378 e. The maximum Gasteiger partial charge on any atom is 0.0647 e. The van der Waals surface area contributed by atoms with Gasteiger partial charge in [0.25, 0.3) is 0 Å². The van der Waals surface area contributed by atoms with E-state index in [1.165, 1.54) is 0 Å². The molecule has 0 aromatic rings. The van der Waals surface area contributed by atoms with Gasteiger partial charge in [-0.25, -0.2) is 0 Å². The number of hydrogen-bond acceptors (Lipinski definition) is 1. The highest BCUT2D eigenvalue weighted by Gasteiger charge is 2.00. The highest BCUT2D eigenvalue weighted by atomic mass is 16.5. The molecule has 0 aromatic carbocycles. The summed E-state index contributed by atoms with van der Waals surface area (Å²) in [6, 6.07) is 0. The lowest BCUT2D eigenvalue weighted by Crippen LogP contribution is -2.00. The van der Waals surface area contributed by atoms with Gasteiger partial charge in [-0.15, -0.1) is 0 Å². The average molecular weight is 156 g/mol. The summed E-state index contributed by atoms with van der Waals surface area (Å²) in [6.45, 7) is 10.3. The summed E-state index contributed by atoms with van der Waals surface area (Å²) in [5.41, 5.74) is 0. The summed E-state index contributed by atoms with van der Waals surface area (Å²) < 4.78 is 5.18. The van der Waals surface area contributed by atoms with Gasteiger partial charge in [-0.3, -0.25) is 0 Å². The summed E-state index contributed by atoms with van der Waals surface area (Å²) in [7, 11) is 0. The summed E-state index contributed by atoms with van der Waals surface area (Å²) in [4.78, 5) is 0. The molecule has 0 aromatic heterocycles. The third-order valence-electron chi connectivity index (χ3n) is 1.91. The van der Waals surface area contributed by atoms with E-state index in [0.29, 0.717) is 5.92 Å². The second-order valence-corrected chi connectivity index (χ2v) is 3.19. The van der Waals surface area contributed by atoms with Gasteiger partial charge in [0, 0.05) is 6.61 Å². The van der Waals surface area contributed by atoms with Gasteiger partial charge in [-0.2, -0.15) is 0 Å². The van der Waals surface area contributed by atoms with Crippen LogP contribution in [0.4, 0.5) is 0 Å². The molecular formula is C10H20O. The van der Waals surface area contributed by atoms with Gasteiger partial charge in [0.15, 0.2) is 0 Å². The third-order valence-corrected chi connectivity index (χ3v) is 1.91. The van der Waals surface area contributed by atoms with Crippen LogP contribution < -0.4 is 0 Å². The molecule has 0 unspecified atom stereocenters. The first-order chi connectivity index (χ1) is 5.18. The van der Waals surface area contributed by atoms with Gasteiger partial charge < -0.3 is 4.74 Å². The van der Waals surface area contributed by atoms with Crippen molar-refractivity contribution in [3.8, 4) is 0 Å². The van der Waals surface area contributed by atoms with Crippen molar-refractivity contribution in [2.75, 3.05) is 13.2 Å². The molecule has 0 saturated carbocycles. The van der Waals surface area contributed by atoms with Crippen LogP contribution in [0, 0.1) is 11.8 Å². The van der Waals surface area contributed by atoms with Crippen molar-refractivity contribution in [1.82, 2.24) is 0 Å². The molecule has 1 heteroatoms. The summed E-state index contributed by atoms with van der Waals surface area (Å²) in [5, 5.41) is 0. The van der Waals surface area contributed by atoms with Crippen molar-refractivity contribution in [3.05, 3.63) is 12.2 Å². The number of ether oxygens (including phenoxy) is 1. The molecule has 0 spiro atoms. The quantitative estimate of drug-likeness (QED) is 0.439. The molecule has 1 nitrogen and oxygen atoms in total. The fourth-order valence-corrected chi connectivity index (χ4v) is 0.678. The molecule has 0 aliphatic carbocycles. The zero-order valence-electron chi connectivity index (χ0n) is 8.13. The van der Waals surface area contributed by atoms with Crippen LogP contribution in [-0.2, 0) is 4.74 Å². The van der Waals surface area contributed by atoms with Crippen molar-refractivity contribution in [2.24, 2.45) is 11.8 Å². The van der Waals surface area contributed by atoms with Crippen LogP contribution in [0.3, 0.4) is 0 Å². The van der Waals surface area contributed by atoms with E-state index in [4.69, 9.17) is 4.74 Å². The second-order valence-electron chi connectivity index (χ2n) is 3.19. The predicted molar refractivity (Wildman–Crippen MR) is 49.6 cm³/mol. The highest BCUT2D eigenvalue weighted by Crippen LogP contribution is 2.10. The van der Waals surface area contributed by atoms with E-state index in [1.807, 2.05) is 6.92 Å². The zero-order chi connectivity index (χ0) is 8.69. The van der Waals surface area contributed by atoms with Gasteiger partial charge >= 0.3 is 0 Å². The maximum atomic E-state index is 5.18. The Balaban J connectivity index is 3.40. The predicted octanol–water partition coefficient (Wildman–Crippen LogP) is 2.87. The van der Waals surface area contributed by atoms with Crippen molar-refractivity contribution in [2.45, 2.75) is 27.7 Å². The lowest BCUT2D eigenvalue weighted by Gasteiger charge is -2.09. The summed E-state index contributed by atoms with van der Waals surface area (Å²) >= 11 is 0. The van der Waals surface area contributed by atoms with E-state index in [-0.39, 0.29) is 0 Å². The molecule has 0 N–H and O–H groups in total. The largest absolute Gasteiger partial charge is 0.378 e. The topological polar surface area (TPSA) is 9.23 Å². The molecule has 66 valence electrons.